The number of benzene rings is 1. The maximum atomic E-state index is 11.8. The van der Waals surface area contributed by atoms with Gasteiger partial charge in [-0.1, -0.05) is 32.9 Å². The Morgan fingerprint density at radius 3 is 2.24 bits per heavy atom. The van der Waals surface area contributed by atoms with Crippen molar-refractivity contribution in [1.82, 2.24) is 0 Å². The lowest BCUT2D eigenvalue weighted by atomic mass is 9.92. The van der Waals surface area contributed by atoms with Crippen molar-refractivity contribution in [1.29, 1.82) is 5.26 Å². The minimum atomic E-state index is -0.460. The summed E-state index contributed by atoms with van der Waals surface area (Å²) < 4.78 is 0. The first-order valence-corrected chi connectivity index (χ1v) is 6.91. The van der Waals surface area contributed by atoms with Gasteiger partial charge in [-0.3, -0.25) is 9.59 Å². The second kappa shape index (κ2) is 5.53. The molecule has 0 saturated carbocycles. The van der Waals surface area contributed by atoms with Crippen molar-refractivity contribution in [2.75, 3.05) is 11.9 Å². The van der Waals surface area contributed by atoms with Crippen LogP contribution >= 0.6 is 0 Å². The number of rotatable bonds is 4. The van der Waals surface area contributed by atoms with Crippen molar-refractivity contribution in [3.05, 3.63) is 50.3 Å². The molecule has 21 heavy (non-hydrogen) atoms. The fraction of sp³-hybridized carbons (Fsp3) is 0.353. The maximum Gasteiger partial charge on any atom is 0.250 e. The van der Waals surface area contributed by atoms with E-state index in [1.807, 2.05) is 6.07 Å². The predicted octanol–water partition coefficient (Wildman–Crippen LogP) is 2.67. The third-order valence-electron chi connectivity index (χ3n) is 3.39. The first kappa shape index (κ1) is 15.0. The van der Waals surface area contributed by atoms with Crippen LogP contribution in [-0.2, 0) is 0 Å². The van der Waals surface area contributed by atoms with Gasteiger partial charge in [0.2, 0.25) is 10.9 Å². The van der Waals surface area contributed by atoms with Crippen molar-refractivity contribution in [3.8, 4) is 17.2 Å². The number of hydrogen-bond acceptors (Lipinski definition) is 4. The van der Waals surface area contributed by atoms with Crippen molar-refractivity contribution < 1.29 is 0 Å². The summed E-state index contributed by atoms with van der Waals surface area (Å²) in [5.74, 6) is 0. The van der Waals surface area contributed by atoms with Crippen LogP contribution in [-0.4, -0.2) is 6.54 Å². The Bertz CT molecular complexity index is 752. The second-order valence-corrected chi connectivity index (χ2v) is 6.33. The Balaban J connectivity index is 2.21. The van der Waals surface area contributed by atoms with Gasteiger partial charge in [0, 0.05) is 6.54 Å². The zero-order valence-electron chi connectivity index (χ0n) is 12.5. The van der Waals surface area contributed by atoms with E-state index >= 15 is 0 Å². The fourth-order valence-corrected chi connectivity index (χ4v) is 2.11. The van der Waals surface area contributed by atoms with Gasteiger partial charge in [-0.05, 0) is 29.5 Å². The zero-order valence-corrected chi connectivity index (χ0v) is 12.5. The molecule has 108 valence electrons. The maximum absolute atomic E-state index is 11.8. The van der Waals surface area contributed by atoms with Gasteiger partial charge in [0.25, 0.3) is 0 Å². The lowest BCUT2D eigenvalue weighted by Gasteiger charge is -2.20. The van der Waals surface area contributed by atoms with Crippen LogP contribution in [0.5, 0.6) is 0 Å². The minimum Gasteiger partial charge on any atom is -0.381 e. The molecular weight excluding hydrogens is 264 g/mol. The van der Waals surface area contributed by atoms with Crippen LogP contribution in [0.4, 0.5) is 5.69 Å². The van der Waals surface area contributed by atoms with Gasteiger partial charge in [-0.25, -0.2) is 0 Å². The molecule has 2 aromatic carbocycles. The third kappa shape index (κ3) is 3.19. The Morgan fingerprint density at radius 1 is 1.10 bits per heavy atom. The molecule has 4 nitrogen and oxygen atoms in total. The molecule has 4 heteroatoms. The van der Waals surface area contributed by atoms with Crippen LogP contribution in [0.15, 0.2) is 33.9 Å². The van der Waals surface area contributed by atoms with E-state index in [1.165, 1.54) is 0 Å². The topological polar surface area (TPSA) is 70.0 Å². The SMILES string of the molecule is CC(C)(C)CCNc1c(-c2ccc(C#N)cc2)c(=O)c1=O. The summed E-state index contributed by atoms with van der Waals surface area (Å²) in [4.78, 5) is 23.5. The summed E-state index contributed by atoms with van der Waals surface area (Å²) in [6.07, 6.45) is 0.901. The molecule has 0 amide bonds. The summed E-state index contributed by atoms with van der Waals surface area (Å²) in [5, 5.41) is 11.9. The average molecular weight is 282 g/mol. The van der Waals surface area contributed by atoms with Crippen LogP contribution in [0.3, 0.4) is 0 Å². The van der Waals surface area contributed by atoms with E-state index < -0.39 is 10.9 Å². The lowest BCUT2D eigenvalue weighted by molar-refractivity contribution is 0.389. The molecule has 0 heterocycles. The van der Waals surface area contributed by atoms with E-state index in [1.54, 1.807) is 24.3 Å². The number of nitrogens with zero attached hydrogens (tertiary/aromatic N) is 1. The van der Waals surface area contributed by atoms with E-state index in [9.17, 15) is 9.59 Å². The van der Waals surface area contributed by atoms with Gasteiger partial charge in [-0.2, -0.15) is 5.26 Å². The quantitative estimate of drug-likeness (QED) is 0.875. The number of hydrogen-bond donors (Lipinski definition) is 1. The number of nitriles is 1. The smallest absolute Gasteiger partial charge is 0.250 e. The molecule has 0 aliphatic carbocycles. The molecule has 0 fully saturated rings. The first-order chi connectivity index (χ1) is 9.83. The normalized spacial score (nSPS) is 11.3. The number of anilines is 1. The van der Waals surface area contributed by atoms with Gasteiger partial charge >= 0.3 is 0 Å². The van der Waals surface area contributed by atoms with E-state index in [2.05, 4.69) is 26.1 Å². The Labute approximate surface area is 123 Å². The summed E-state index contributed by atoms with van der Waals surface area (Å²) in [6.45, 7) is 7.02. The first-order valence-electron chi connectivity index (χ1n) is 6.91. The Kier molecular flexibility index (Phi) is 3.95. The molecule has 1 N–H and O–H groups in total. The highest BCUT2D eigenvalue weighted by molar-refractivity contribution is 5.82. The molecule has 0 saturated heterocycles. The van der Waals surface area contributed by atoms with Gasteiger partial charge in [-0.15, -0.1) is 0 Å². The summed E-state index contributed by atoms with van der Waals surface area (Å²) in [7, 11) is 0. The zero-order chi connectivity index (χ0) is 15.6. The fourth-order valence-electron chi connectivity index (χ4n) is 2.11. The monoisotopic (exact) mass is 282 g/mol. The molecule has 0 spiro atoms. The largest absolute Gasteiger partial charge is 0.381 e. The van der Waals surface area contributed by atoms with E-state index in [0.717, 1.165) is 6.42 Å². The second-order valence-electron chi connectivity index (χ2n) is 6.33. The minimum absolute atomic E-state index is 0.166. The molecule has 0 aliphatic rings. The molecule has 0 radical (unpaired) electrons. The van der Waals surface area contributed by atoms with Crippen molar-refractivity contribution in [2.45, 2.75) is 27.2 Å². The van der Waals surface area contributed by atoms with E-state index in [0.29, 0.717) is 28.9 Å². The highest BCUT2D eigenvalue weighted by Crippen LogP contribution is 2.25. The summed E-state index contributed by atoms with van der Waals surface area (Å²) >= 11 is 0. The highest BCUT2D eigenvalue weighted by atomic mass is 16.2. The van der Waals surface area contributed by atoms with Crippen molar-refractivity contribution in [3.63, 3.8) is 0 Å². The highest BCUT2D eigenvalue weighted by Gasteiger charge is 2.22. The number of nitrogens with one attached hydrogen (secondary N) is 1. The molecule has 0 atom stereocenters. The van der Waals surface area contributed by atoms with Crippen LogP contribution in [0.25, 0.3) is 11.1 Å². The molecule has 0 bridgehead atoms. The van der Waals surface area contributed by atoms with Crippen molar-refractivity contribution >= 4 is 5.69 Å². The van der Waals surface area contributed by atoms with E-state index in [4.69, 9.17) is 5.26 Å². The molecule has 0 aromatic heterocycles. The molecule has 2 rings (SSSR count). The summed E-state index contributed by atoms with van der Waals surface area (Å²) in [5.41, 5.74) is 1.28. The van der Waals surface area contributed by atoms with Crippen LogP contribution in [0.2, 0.25) is 0 Å². The third-order valence-corrected chi connectivity index (χ3v) is 3.39. The molecule has 2 aromatic rings. The van der Waals surface area contributed by atoms with Crippen LogP contribution < -0.4 is 16.2 Å². The van der Waals surface area contributed by atoms with Crippen LogP contribution in [0, 0.1) is 16.7 Å². The van der Waals surface area contributed by atoms with Gasteiger partial charge < -0.3 is 5.32 Å². The van der Waals surface area contributed by atoms with Gasteiger partial charge in [0.1, 0.15) is 0 Å². The predicted molar refractivity (Wildman–Crippen MR) is 84.1 cm³/mol. The Morgan fingerprint density at radius 2 is 1.71 bits per heavy atom. The van der Waals surface area contributed by atoms with Crippen LogP contribution in [0.1, 0.15) is 32.8 Å². The van der Waals surface area contributed by atoms with E-state index in [-0.39, 0.29) is 5.41 Å². The van der Waals surface area contributed by atoms with Gasteiger partial charge in [0.15, 0.2) is 0 Å². The molecule has 0 unspecified atom stereocenters. The average Bonchev–Trinajstić information content (AvgIpc) is 2.45. The van der Waals surface area contributed by atoms with Crippen molar-refractivity contribution in [2.24, 2.45) is 5.41 Å². The Hall–Kier alpha value is -2.41. The lowest BCUT2D eigenvalue weighted by Crippen LogP contribution is -2.36. The standard InChI is InChI=1S/C17H18N2O2/c1-17(2,3)8-9-19-14-13(15(20)16(14)21)12-6-4-11(10-18)5-7-12/h4-7,19H,8-9H2,1-3H3. The van der Waals surface area contributed by atoms with Gasteiger partial charge in [0.05, 0.1) is 22.9 Å². The molecular formula is C17H18N2O2. The molecule has 0 aliphatic heterocycles. The summed E-state index contributed by atoms with van der Waals surface area (Å²) in [6, 6.07) is 8.71.